The fraction of sp³-hybridized carbons (Fsp3) is 0.310. The molecule has 0 heterocycles. The molecule has 2 amide bonds. The van der Waals surface area contributed by atoms with Gasteiger partial charge >= 0.3 is 0 Å². The first kappa shape index (κ1) is 25.0. The molecule has 0 saturated carbocycles. The number of ether oxygens (including phenoxy) is 1. The van der Waals surface area contributed by atoms with Crippen LogP contribution in [0.3, 0.4) is 0 Å². The van der Waals surface area contributed by atoms with Crippen LogP contribution in [0.2, 0.25) is 0 Å². The van der Waals surface area contributed by atoms with Crippen LogP contribution in [0.25, 0.3) is 0 Å². The van der Waals surface area contributed by atoms with Gasteiger partial charge in [0.05, 0.1) is 6.61 Å². The Morgan fingerprint density at radius 1 is 0.706 bits per heavy atom. The van der Waals surface area contributed by atoms with Crippen molar-refractivity contribution in [3.8, 4) is 5.75 Å². The van der Waals surface area contributed by atoms with Gasteiger partial charge in [0, 0.05) is 22.5 Å². The molecule has 3 rings (SSSR count). The van der Waals surface area contributed by atoms with Gasteiger partial charge in [-0.1, -0.05) is 52.7 Å². The van der Waals surface area contributed by atoms with Crippen molar-refractivity contribution in [2.75, 3.05) is 17.2 Å². The number of benzene rings is 3. The lowest BCUT2D eigenvalue weighted by molar-refractivity contribution is 0.101. The first-order valence-corrected chi connectivity index (χ1v) is 11.8. The Morgan fingerprint density at radius 3 is 1.62 bits per heavy atom. The molecule has 3 aromatic rings. The van der Waals surface area contributed by atoms with Gasteiger partial charge in [-0.15, -0.1) is 0 Å². The number of hydrogen-bond donors (Lipinski definition) is 2. The summed E-state index contributed by atoms with van der Waals surface area (Å²) in [6.45, 7) is 9.26. The Kier molecular flexibility index (Phi) is 8.47. The summed E-state index contributed by atoms with van der Waals surface area (Å²) < 4.78 is 5.69. The fourth-order valence-electron chi connectivity index (χ4n) is 3.41. The number of amides is 2. The van der Waals surface area contributed by atoms with Gasteiger partial charge in [0.2, 0.25) is 0 Å². The molecular formula is C29H34N2O3. The highest BCUT2D eigenvalue weighted by atomic mass is 16.5. The summed E-state index contributed by atoms with van der Waals surface area (Å²) in [5.74, 6) is 0.392. The molecule has 0 aliphatic carbocycles. The van der Waals surface area contributed by atoms with E-state index in [1.54, 1.807) is 36.4 Å². The van der Waals surface area contributed by atoms with Crippen LogP contribution < -0.4 is 15.4 Å². The molecule has 178 valence electrons. The van der Waals surface area contributed by atoms with E-state index in [2.05, 4.69) is 38.3 Å². The van der Waals surface area contributed by atoms with Crippen molar-refractivity contribution in [2.24, 2.45) is 0 Å². The summed E-state index contributed by atoms with van der Waals surface area (Å²) in [6.07, 6.45) is 3.33. The van der Waals surface area contributed by atoms with Gasteiger partial charge in [-0.05, 0) is 78.1 Å². The van der Waals surface area contributed by atoms with Gasteiger partial charge < -0.3 is 15.4 Å². The molecule has 0 fully saturated rings. The van der Waals surface area contributed by atoms with Crippen molar-refractivity contribution >= 4 is 23.2 Å². The number of hydrogen-bond acceptors (Lipinski definition) is 3. The maximum absolute atomic E-state index is 12.6. The molecule has 0 saturated heterocycles. The first-order chi connectivity index (χ1) is 16.3. The molecular weight excluding hydrogens is 424 g/mol. The highest BCUT2D eigenvalue weighted by molar-refractivity contribution is 6.05. The van der Waals surface area contributed by atoms with Gasteiger partial charge in [0.15, 0.2) is 0 Å². The molecule has 5 heteroatoms. The summed E-state index contributed by atoms with van der Waals surface area (Å²) in [7, 11) is 0. The molecule has 0 unspecified atom stereocenters. The van der Waals surface area contributed by atoms with Crippen molar-refractivity contribution in [1.29, 1.82) is 0 Å². The maximum Gasteiger partial charge on any atom is 0.255 e. The zero-order chi connectivity index (χ0) is 24.6. The molecule has 0 aromatic heterocycles. The highest BCUT2D eigenvalue weighted by Gasteiger charge is 2.14. The second-order valence-electron chi connectivity index (χ2n) is 9.39. The van der Waals surface area contributed by atoms with E-state index >= 15 is 0 Å². The summed E-state index contributed by atoms with van der Waals surface area (Å²) in [5, 5.41) is 5.77. The Labute approximate surface area is 202 Å². The average molecular weight is 459 g/mol. The molecule has 0 aliphatic rings. The normalized spacial score (nSPS) is 11.1. The summed E-state index contributed by atoms with van der Waals surface area (Å²) in [5.41, 5.74) is 3.68. The quantitative estimate of drug-likeness (QED) is 0.337. The van der Waals surface area contributed by atoms with Crippen LogP contribution in [0.4, 0.5) is 11.4 Å². The average Bonchev–Trinajstić information content (AvgIpc) is 2.83. The Morgan fingerprint density at radius 2 is 1.18 bits per heavy atom. The third-order valence-corrected chi connectivity index (χ3v) is 5.55. The standard InChI is InChI=1S/C29H34N2O3/c1-5-6-7-20-34-26-18-10-22(11-19-26)28(33)31-25-16-14-24(15-17-25)30-27(32)21-8-12-23(13-9-21)29(2,3)4/h8-19H,5-7,20H2,1-4H3,(H,30,32)(H,31,33). The second kappa shape index (κ2) is 11.5. The summed E-state index contributed by atoms with van der Waals surface area (Å²) >= 11 is 0. The van der Waals surface area contributed by atoms with Crippen LogP contribution >= 0.6 is 0 Å². The first-order valence-electron chi connectivity index (χ1n) is 11.8. The molecule has 0 spiro atoms. The van der Waals surface area contributed by atoms with Gasteiger partial charge in [-0.25, -0.2) is 0 Å². The largest absolute Gasteiger partial charge is 0.494 e. The third-order valence-electron chi connectivity index (χ3n) is 5.55. The van der Waals surface area contributed by atoms with Gasteiger partial charge in [-0.2, -0.15) is 0 Å². The van der Waals surface area contributed by atoms with E-state index in [1.165, 1.54) is 5.56 Å². The molecule has 0 aliphatic heterocycles. The van der Waals surface area contributed by atoms with E-state index < -0.39 is 0 Å². The van der Waals surface area contributed by atoms with Crippen LogP contribution in [0.15, 0.2) is 72.8 Å². The van der Waals surface area contributed by atoms with E-state index in [4.69, 9.17) is 4.74 Å². The number of nitrogens with one attached hydrogen (secondary N) is 2. The van der Waals surface area contributed by atoms with E-state index in [-0.39, 0.29) is 17.2 Å². The van der Waals surface area contributed by atoms with E-state index in [0.717, 1.165) is 25.0 Å². The van der Waals surface area contributed by atoms with Crippen molar-refractivity contribution in [3.63, 3.8) is 0 Å². The molecule has 2 N–H and O–H groups in total. The van der Waals surface area contributed by atoms with E-state index in [0.29, 0.717) is 29.1 Å². The minimum Gasteiger partial charge on any atom is -0.494 e. The lowest BCUT2D eigenvalue weighted by Gasteiger charge is -2.19. The van der Waals surface area contributed by atoms with E-state index in [1.807, 2.05) is 36.4 Å². The number of carbonyl (C=O) groups is 2. The lowest BCUT2D eigenvalue weighted by atomic mass is 9.87. The molecule has 5 nitrogen and oxygen atoms in total. The van der Waals surface area contributed by atoms with Crippen molar-refractivity contribution in [2.45, 2.75) is 52.4 Å². The van der Waals surface area contributed by atoms with Crippen LogP contribution in [0.1, 0.15) is 73.2 Å². The van der Waals surface area contributed by atoms with Crippen molar-refractivity contribution < 1.29 is 14.3 Å². The Hall–Kier alpha value is -3.60. The predicted octanol–water partition coefficient (Wildman–Crippen LogP) is 7.06. The Bertz CT molecular complexity index is 1080. The SMILES string of the molecule is CCCCCOc1ccc(C(=O)Nc2ccc(NC(=O)c3ccc(C(C)(C)C)cc3)cc2)cc1. The van der Waals surface area contributed by atoms with Gasteiger partial charge in [0.1, 0.15) is 5.75 Å². The van der Waals surface area contributed by atoms with Crippen LogP contribution in [-0.4, -0.2) is 18.4 Å². The monoisotopic (exact) mass is 458 g/mol. The number of carbonyl (C=O) groups excluding carboxylic acids is 2. The number of rotatable bonds is 9. The summed E-state index contributed by atoms with van der Waals surface area (Å²) in [4.78, 5) is 25.1. The van der Waals surface area contributed by atoms with Crippen molar-refractivity contribution in [3.05, 3.63) is 89.5 Å². The molecule has 0 atom stereocenters. The maximum atomic E-state index is 12.6. The van der Waals surface area contributed by atoms with Crippen LogP contribution in [-0.2, 0) is 5.41 Å². The smallest absolute Gasteiger partial charge is 0.255 e. The zero-order valence-corrected chi connectivity index (χ0v) is 20.5. The molecule has 0 bridgehead atoms. The van der Waals surface area contributed by atoms with Gasteiger partial charge in [0.25, 0.3) is 11.8 Å². The van der Waals surface area contributed by atoms with Gasteiger partial charge in [-0.3, -0.25) is 9.59 Å². The number of anilines is 2. The van der Waals surface area contributed by atoms with E-state index in [9.17, 15) is 9.59 Å². The number of unbranched alkanes of at least 4 members (excludes halogenated alkanes) is 2. The molecule has 0 radical (unpaired) electrons. The fourth-order valence-corrected chi connectivity index (χ4v) is 3.41. The lowest BCUT2D eigenvalue weighted by Crippen LogP contribution is -2.14. The minimum atomic E-state index is -0.201. The van der Waals surface area contributed by atoms with Crippen LogP contribution in [0.5, 0.6) is 5.75 Å². The minimum absolute atomic E-state index is 0.0410. The molecule has 34 heavy (non-hydrogen) atoms. The third kappa shape index (κ3) is 7.20. The second-order valence-corrected chi connectivity index (χ2v) is 9.39. The van der Waals surface area contributed by atoms with Crippen LogP contribution in [0, 0.1) is 0 Å². The highest BCUT2D eigenvalue weighted by Crippen LogP contribution is 2.23. The summed E-state index contributed by atoms with van der Waals surface area (Å²) in [6, 6.07) is 21.8. The molecule has 3 aromatic carbocycles. The topological polar surface area (TPSA) is 67.4 Å². The Balaban J connectivity index is 1.53. The van der Waals surface area contributed by atoms with Crippen molar-refractivity contribution in [1.82, 2.24) is 0 Å². The zero-order valence-electron chi connectivity index (χ0n) is 20.5. The predicted molar refractivity (Wildman–Crippen MR) is 139 cm³/mol.